The number of carbonyl (C=O) groups is 3. The summed E-state index contributed by atoms with van der Waals surface area (Å²) in [5.41, 5.74) is 0. The summed E-state index contributed by atoms with van der Waals surface area (Å²) < 4.78 is 47.8. The maximum Gasteiger partial charge on any atom is 0.408 e. The predicted octanol–water partition coefficient (Wildman–Crippen LogP) is 1.58. The van der Waals surface area contributed by atoms with E-state index in [9.17, 15) is 27.6 Å². The quantitative estimate of drug-likeness (QED) is 0.541. The van der Waals surface area contributed by atoms with Gasteiger partial charge in [-0.3, -0.25) is 14.4 Å². The molecule has 0 saturated carbocycles. The summed E-state index contributed by atoms with van der Waals surface area (Å²) in [7, 11) is 0. The summed E-state index contributed by atoms with van der Waals surface area (Å²) in [5.74, 6) is -3.86. The Morgan fingerprint density at radius 1 is 1.09 bits per heavy atom. The van der Waals surface area contributed by atoms with Crippen LogP contribution in [0.2, 0.25) is 0 Å². The number of nitrogens with one attached hydrogen (secondary N) is 1. The molecule has 1 N–H and O–H groups in total. The lowest BCUT2D eigenvalue weighted by molar-refractivity contribution is -0.170. The summed E-state index contributed by atoms with van der Waals surface area (Å²) in [4.78, 5) is 33.9. The zero-order valence-electron chi connectivity index (χ0n) is 12.7. The van der Waals surface area contributed by atoms with Crippen LogP contribution in [0.1, 0.15) is 33.6 Å². The summed E-state index contributed by atoms with van der Waals surface area (Å²) >= 11 is 0. The molecule has 0 bridgehead atoms. The Bertz CT molecular complexity index is 398. The van der Waals surface area contributed by atoms with E-state index < -0.39 is 48.8 Å². The molecule has 0 aromatic carbocycles. The third kappa shape index (κ3) is 7.84. The smallest absolute Gasteiger partial charge is 0.408 e. The maximum atomic E-state index is 12.9. The van der Waals surface area contributed by atoms with E-state index in [1.165, 1.54) is 20.8 Å². The Kier molecular flexibility index (Phi) is 8.51. The number of alkyl halides is 3. The molecular weight excluding hydrogens is 307 g/mol. The molecule has 0 aromatic heterocycles. The number of rotatable bonds is 8. The summed E-state index contributed by atoms with van der Waals surface area (Å²) in [6, 6.07) is -2.24. The highest BCUT2D eigenvalue weighted by molar-refractivity contribution is 5.94. The lowest BCUT2D eigenvalue weighted by atomic mass is 10.0. The van der Waals surface area contributed by atoms with Crippen molar-refractivity contribution in [1.29, 1.82) is 0 Å². The molecule has 0 saturated heterocycles. The van der Waals surface area contributed by atoms with Gasteiger partial charge in [0.2, 0.25) is 5.91 Å². The molecule has 2 unspecified atom stereocenters. The average molecular weight is 327 g/mol. The molecule has 128 valence electrons. The summed E-state index contributed by atoms with van der Waals surface area (Å²) in [6.45, 7) is 4.39. The van der Waals surface area contributed by atoms with Crippen LogP contribution in [0.4, 0.5) is 13.2 Å². The van der Waals surface area contributed by atoms with E-state index in [2.05, 4.69) is 9.47 Å². The van der Waals surface area contributed by atoms with Gasteiger partial charge in [0, 0.05) is 0 Å². The fraction of sp³-hybridized carbons (Fsp3) is 0.769. The standard InChI is InChI=1S/C13H20F3NO5/c1-4-21-11(19)7-10(18)17-9(13(14,15)16)6-8(3)12(20)22-5-2/h8-9H,4-7H2,1-3H3,(H,17,18). The summed E-state index contributed by atoms with van der Waals surface area (Å²) in [5, 5.41) is 1.70. The van der Waals surface area contributed by atoms with Gasteiger partial charge in [-0.2, -0.15) is 13.2 Å². The molecule has 0 fully saturated rings. The summed E-state index contributed by atoms with van der Waals surface area (Å²) in [6.07, 6.45) is -6.23. The molecule has 0 spiro atoms. The minimum Gasteiger partial charge on any atom is -0.466 e. The highest BCUT2D eigenvalue weighted by atomic mass is 19.4. The second-order valence-corrected chi connectivity index (χ2v) is 4.53. The Morgan fingerprint density at radius 2 is 1.64 bits per heavy atom. The molecule has 0 radical (unpaired) electrons. The van der Waals surface area contributed by atoms with E-state index in [0.29, 0.717) is 0 Å². The average Bonchev–Trinajstić information content (AvgIpc) is 2.36. The zero-order chi connectivity index (χ0) is 17.3. The first-order valence-corrected chi connectivity index (χ1v) is 6.80. The highest BCUT2D eigenvalue weighted by Crippen LogP contribution is 2.25. The lowest BCUT2D eigenvalue weighted by Crippen LogP contribution is -2.47. The van der Waals surface area contributed by atoms with Crippen molar-refractivity contribution in [3.8, 4) is 0 Å². The normalized spacial score (nSPS) is 13.9. The molecule has 0 aliphatic heterocycles. The van der Waals surface area contributed by atoms with Gasteiger partial charge in [0.25, 0.3) is 0 Å². The monoisotopic (exact) mass is 327 g/mol. The zero-order valence-corrected chi connectivity index (χ0v) is 12.7. The van der Waals surface area contributed by atoms with Crippen LogP contribution in [0.15, 0.2) is 0 Å². The fourth-order valence-corrected chi connectivity index (χ4v) is 1.60. The van der Waals surface area contributed by atoms with Crippen molar-refractivity contribution in [3.63, 3.8) is 0 Å². The molecule has 1 amide bonds. The Balaban J connectivity index is 4.69. The van der Waals surface area contributed by atoms with Gasteiger partial charge in [0.1, 0.15) is 12.5 Å². The fourth-order valence-electron chi connectivity index (χ4n) is 1.60. The molecule has 9 heteroatoms. The Labute approximate surface area is 126 Å². The number of carbonyl (C=O) groups excluding carboxylic acids is 3. The van der Waals surface area contributed by atoms with Gasteiger partial charge in [0.15, 0.2) is 0 Å². The van der Waals surface area contributed by atoms with Gasteiger partial charge in [0.05, 0.1) is 19.1 Å². The lowest BCUT2D eigenvalue weighted by Gasteiger charge is -2.23. The maximum absolute atomic E-state index is 12.9. The van der Waals surface area contributed by atoms with Crippen molar-refractivity contribution in [3.05, 3.63) is 0 Å². The molecule has 0 aliphatic rings. The first-order chi connectivity index (χ1) is 10.1. The van der Waals surface area contributed by atoms with Crippen LogP contribution in [-0.2, 0) is 23.9 Å². The number of amides is 1. The van der Waals surface area contributed by atoms with Crippen LogP contribution in [0.5, 0.6) is 0 Å². The number of halogens is 3. The van der Waals surface area contributed by atoms with Crippen LogP contribution < -0.4 is 5.32 Å². The van der Waals surface area contributed by atoms with E-state index in [-0.39, 0.29) is 13.2 Å². The van der Waals surface area contributed by atoms with Gasteiger partial charge in [-0.15, -0.1) is 0 Å². The molecule has 0 aromatic rings. The van der Waals surface area contributed by atoms with Crippen molar-refractivity contribution in [2.45, 2.75) is 45.8 Å². The van der Waals surface area contributed by atoms with Crippen molar-refractivity contribution in [2.75, 3.05) is 13.2 Å². The largest absolute Gasteiger partial charge is 0.466 e. The van der Waals surface area contributed by atoms with Crippen molar-refractivity contribution in [2.24, 2.45) is 5.92 Å². The minimum absolute atomic E-state index is 0.0225. The predicted molar refractivity (Wildman–Crippen MR) is 69.6 cm³/mol. The second-order valence-electron chi connectivity index (χ2n) is 4.53. The second kappa shape index (κ2) is 9.26. The molecule has 6 nitrogen and oxygen atoms in total. The third-order valence-electron chi connectivity index (χ3n) is 2.62. The van der Waals surface area contributed by atoms with Gasteiger partial charge < -0.3 is 14.8 Å². The van der Waals surface area contributed by atoms with Gasteiger partial charge in [-0.1, -0.05) is 6.92 Å². The SMILES string of the molecule is CCOC(=O)CC(=O)NC(CC(C)C(=O)OCC)C(F)(F)F. The Morgan fingerprint density at radius 3 is 2.09 bits per heavy atom. The minimum atomic E-state index is -4.74. The van der Waals surface area contributed by atoms with Crippen LogP contribution in [0.25, 0.3) is 0 Å². The van der Waals surface area contributed by atoms with Gasteiger partial charge in [-0.05, 0) is 20.3 Å². The van der Waals surface area contributed by atoms with Crippen LogP contribution >= 0.6 is 0 Å². The molecule has 0 rings (SSSR count). The number of hydrogen-bond donors (Lipinski definition) is 1. The van der Waals surface area contributed by atoms with Crippen LogP contribution in [-0.4, -0.2) is 43.3 Å². The van der Waals surface area contributed by atoms with Crippen LogP contribution in [0, 0.1) is 5.92 Å². The topological polar surface area (TPSA) is 81.7 Å². The van der Waals surface area contributed by atoms with E-state index in [1.54, 1.807) is 5.32 Å². The third-order valence-corrected chi connectivity index (χ3v) is 2.62. The van der Waals surface area contributed by atoms with E-state index in [4.69, 9.17) is 0 Å². The molecule has 0 aliphatic carbocycles. The highest BCUT2D eigenvalue weighted by Gasteiger charge is 2.42. The van der Waals surface area contributed by atoms with Crippen LogP contribution in [0.3, 0.4) is 0 Å². The molecule has 0 heterocycles. The molecule has 22 heavy (non-hydrogen) atoms. The first kappa shape index (κ1) is 20.2. The van der Waals surface area contributed by atoms with Crippen molar-refractivity contribution < 1.29 is 37.0 Å². The van der Waals surface area contributed by atoms with E-state index >= 15 is 0 Å². The van der Waals surface area contributed by atoms with E-state index in [0.717, 1.165) is 0 Å². The van der Waals surface area contributed by atoms with Crippen molar-refractivity contribution >= 4 is 17.8 Å². The number of ether oxygens (including phenoxy) is 2. The Hall–Kier alpha value is -1.80. The molecular formula is C13H20F3NO5. The van der Waals surface area contributed by atoms with Gasteiger partial charge in [-0.25, -0.2) is 0 Å². The number of esters is 2. The van der Waals surface area contributed by atoms with Gasteiger partial charge >= 0.3 is 18.1 Å². The van der Waals surface area contributed by atoms with E-state index in [1.807, 2.05) is 0 Å². The first-order valence-electron chi connectivity index (χ1n) is 6.80. The van der Waals surface area contributed by atoms with Crippen molar-refractivity contribution in [1.82, 2.24) is 5.32 Å². The molecule has 2 atom stereocenters. The number of hydrogen-bond acceptors (Lipinski definition) is 5.